The summed E-state index contributed by atoms with van der Waals surface area (Å²) in [5, 5.41) is 7.93. The van der Waals surface area contributed by atoms with Crippen LogP contribution in [0.3, 0.4) is 0 Å². The van der Waals surface area contributed by atoms with Gasteiger partial charge in [0.25, 0.3) is 0 Å². The van der Waals surface area contributed by atoms with Gasteiger partial charge in [0, 0.05) is 0 Å². The predicted octanol–water partition coefficient (Wildman–Crippen LogP) is 0.136. The molecule has 3 N–H and O–H groups in total. The van der Waals surface area contributed by atoms with Crippen LogP contribution in [0.25, 0.3) is 0 Å². The zero-order valence-electron chi connectivity index (χ0n) is 5.50. The summed E-state index contributed by atoms with van der Waals surface area (Å²) in [5.74, 6) is 0. The highest BCUT2D eigenvalue weighted by molar-refractivity contribution is 7.46. The summed E-state index contributed by atoms with van der Waals surface area (Å²) in [6.45, 7) is 1.05. The molecule has 8 heteroatoms. The van der Waals surface area contributed by atoms with Gasteiger partial charge in [-0.05, 0) is 6.92 Å². The van der Waals surface area contributed by atoms with E-state index >= 15 is 0 Å². The summed E-state index contributed by atoms with van der Waals surface area (Å²) in [6, 6.07) is 0. The van der Waals surface area contributed by atoms with Crippen molar-refractivity contribution in [1.29, 1.82) is 0 Å². The van der Waals surface area contributed by atoms with E-state index in [1.807, 2.05) is 0 Å². The van der Waals surface area contributed by atoms with Crippen molar-refractivity contribution < 1.29 is 33.5 Å². The summed E-state index contributed by atoms with van der Waals surface area (Å²) in [5.41, 5.74) is 0. The number of carbonyl (C=O) groups is 1. The zero-order chi connectivity index (χ0) is 9.07. The molecule has 66 valence electrons. The fraction of sp³-hybridized carbons (Fsp3) is 0.667. The standard InChI is InChI=1S/C3H7O7P/c1-2(9-3(4)5)10-11(6,7)8/h2H,1H3,(H,4,5)(H2,6,7,8). The first-order valence-electron chi connectivity index (χ1n) is 2.45. The van der Waals surface area contributed by atoms with E-state index in [1.165, 1.54) is 0 Å². The molecule has 0 radical (unpaired) electrons. The van der Waals surface area contributed by atoms with Crippen molar-refractivity contribution in [1.82, 2.24) is 0 Å². The molecule has 0 aliphatic rings. The summed E-state index contributed by atoms with van der Waals surface area (Å²) < 4.78 is 17.7. The first-order valence-corrected chi connectivity index (χ1v) is 3.98. The van der Waals surface area contributed by atoms with Crippen molar-refractivity contribution in [2.24, 2.45) is 0 Å². The molecule has 0 aromatic carbocycles. The maximum absolute atomic E-state index is 10.0. The fourth-order valence-corrected chi connectivity index (χ4v) is 0.787. The minimum absolute atomic E-state index is 1.05. The maximum Gasteiger partial charge on any atom is 0.508 e. The minimum atomic E-state index is -4.67. The number of phosphoric acid groups is 1. The molecule has 0 saturated carbocycles. The van der Waals surface area contributed by atoms with Crippen molar-refractivity contribution in [3.8, 4) is 0 Å². The quantitative estimate of drug-likeness (QED) is 0.326. The van der Waals surface area contributed by atoms with E-state index in [0.717, 1.165) is 6.92 Å². The highest BCUT2D eigenvalue weighted by Gasteiger charge is 2.20. The molecule has 0 aliphatic carbocycles. The van der Waals surface area contributed by atoms with Gasteiger partial charge in [-0.1, -0.05) is 0 Å². The van der Waals surface area contributed by atoms with Gasteiger partial charge < -0.3 is 19.6 Å². The Bertz CT molecular complexity index is 182. The molecular weight excluding hydrogens is 179 g/mol. The number of ether oxygens (including phenoxy) is 1. The van der Waals surface area contributed by atoms with Crippen LogP contribution >= 0.6 is 7.82 Å². The molecule has 0 aliphatic heterocycles. The lowest BCUT2D eigenvalue weighted by Crippen LogP contribution is -2.15. The molecule has 0 aromatic heterocycles. The zero-order valence-corrected chi connectivity index (χ0v) is 6.39. The molecular formula is C3H7O7P. The van der Waals surface area contributed by atoms with Crippen LogP contribution in [0.2, 0.25) is 0 Å². The lowest BCUT2D eigenvalue weighted by Gasteiger charge is -2.11. The Morgan fingerprint density at radius 2 is 2.00 bits per heavy atom. The normalized spacial score (nSPS) is 14.1. The smallest absolute Gasteiger partial charge is 0.450 e. The van der Waals surface area contributed by atoms with Gasteiger partial charge in [-0.15, -0.1) is 0 Å². The van der Waals surface area contributed by atoms with Gasteiger partial charge in [0.15, 0.2) is 0 Å². The fourth-order valence-electron chi connectivity index (χ4n) is 0.357. The molecule has 0 heterocycles. The number of hydrogen-bond donors (Lipinski definition) is 3. The third-order valence-electron chi connectivity index (χ3n) is 0.553. The van der Waals surface area contributed by atoms with E-state index < -0.39 is 20.3 Å². The van der Waals surface area contributed by atoms with E-state index in [9.17, 15) is 9.36 Å². The SMILES string of the molecule is CC(OC(=O)O)OP(=O)(O)O. The average molecular weight is 186 g/mol. The van der Waals surface area contributed by atoms with Crippen LogP contribution in [0.5, 0.6) is 0 Å². The van der Waals surface area contributed by atoms with Crippen molar-refractivity contribution in [3.05, 3.63) is 0 Å². The van der Waals surface area contributed by atoms with Gasteiger partial charge in [0.2, 0.25) is 6.29 Å². The van der Waals surface area contributed by atoms with E-state index in [-0.39, 0.29) is 0 Å². The van der Waals surface area contributed by atoms with E-state index in [1.54, 1.807) is 0 Å². The third-order valence-corrected chi connectivity index (χ3v) is 1.12. The van der Waals surface area contributed by atoms with Gasteiger partial charge in [0.1, 0.15) is 0 Å². The Labute approximate surface area is 61.8 Å². The molecule has 0 bridgehead atoms. The summed E-state index contributed by atoms with van der Waals surface area (Å²) >= 11 is 0. The minimum Gasteiger partial charge on any atom is -0.450 e. The monoisotopic (exact) mass is 186 g/mol. The van der Waals surface area contributed by atoms with Gasteiger partial charge in [-0.3, -0.25) is 0 Å². The van der Waals surface area contributed by atoms with E-state index in [2.05, 4.69) is 9.26 Å². The second-order valence-corrected chi connectivity index (χ2v) is 2.74. The lowest BCUT2D eigenvalue weighted by molar-refractivity contribution is -0.0533. The average Bonchev–Trinajstić information content (AvgIpc) is 1.53. The predicted molar refractivity (Wildman–Crippen MR) is 31.7 cm³/mol. The summed E-state index contributed by atoms with van der Waals surface area (Å²) in [7, 11) is -4.67. The van der Waals surface area contributed by atoms with Crippen LogP contribution in [0, 0.1) is 0 Å². The Kier molecular flexibility index (Phi) is 3.47. The second-order valence-electron chi connectivity index (χ2n) is 1.55. The molecule has 7 nitrogen and oxygen atoms in total. The van der Waals surface area contributed by atoms with Crippen molar-refractivity contribution in [2.75, 3.05) is 0 Å². The molecule has 0 fully saturated rings. The number of hydrogen-bond acceptors (Lipinski definition) is 4. The van der Waals surface area contributed by atoms with E-state index in [0.29, 0.717) is 0 Å². The molecule has 1 atom stereocenters. The molecule has 0 amide bonds. The summed E-state index contributed by atoms with van der Waals surface area (Å²) in [6.07, 6.45) is -3.14. The molecule has 0 rings (SSSR count). The van der Waals surface area contributed by atoms with Crippen LogP contribution in [-0.2, 0) is 13.8 Å². The number of phosphoric ester groups is 1. The maximum atomic E-state index is 10.0. The first-order chi connectivity index (χ1) is 4.81. The van der Waals surface area contributed by atoms with Gasteiger partial charge >= 0.3 is 14.0 Å². The Balaban J connectivity index is 3.79. The highest BCUT2D eigenvalue weighted by Crippen LogP contribution is 2.37. The van der Waals surface area contributed by atoms with Gasteiger partial charge in [-0.2, -0.15) is 0 Å². The van der Waals surface area contributed by atoms with Gasteiger partial charge in [-0.25, -0.2) is 13.9 Å². The topological polar surface area (TPSA) is 113 Å². The molecule has 11 heavy (non-hydrogen) atoms. The van der Waals surface area contributed by atoms with Crippen LogP contribution in [0.4, 0.5) is 4.79 Å². The summed E-state index contributed by atoms with van der Waals surface area (Å²) in [4.78, 5) is 26.0. The number of rotatable bonds is 3. The van der Waals surface area contributed by atoms with Crippen LogP contribution in [0.1, 0.15) is 6.92 Å². The molecule has 0 aromatic rings. The number of carboxylic acid groups (broad SMARTS) is 1. The highest BCUT2D eigenvalue weighted by atomic mass is 31.2. The first kappa shape index (κ1) is 10.4. The molecule has 0 spiro atoms. The molecule has 0 saturated heterocycles. The second kappa shape index (κ2) is 3.68. The Morgan fingerprint density at radius 1 is 1.55 bits per heavy atom. The van der Waals surface area contributed by atoms with E-state index in [4.69, 9.17) is 14.9 Å². The van der Waals surface area contributed by atoms with Crippen LogP contribution in [0.15, 0.2) is 0 Å². The van der Waals surface area contributed by atoms with Crippen LogP contribution < -0.4 is 0 Å². The Morgan fingerprint density at radius 3 is 2.27 bits per heavy atom. The Hall–Kier alpha value is -0.620. The molecule has 1 unspecified atom stereocenters. The van der Waals surface area contributed by atoms with Crippen molar-refractivity contribution in [3.63, 3.8) is 0 Å². The third kappa shape index (κ3) is 7.27. The lowest BCUT2D eigenvalue weighted by atomic mass is 10.8. The van der Waals surface area contributed by atoms with Crippen molar-refractivity contribution >= 4 is 14.0 Å². The van der Waals surface area contributed by atoms with Crippen LogP contribution in [-0.4, -0.2) is 27.3 Å². The van der Waals surface area contributed by atoms with Gasteiger partial charge in [0.05, 0.1) is 0 Å². The largest absolute Gasteiger partial charge is 0.508 e. The van der Waals surface area contributed by atoms with Crippen molar-refractivity contribution in [2.45, 2.75) is 13.2 Å².